The fraction of sp³-hybridized carbons (Fsp3) is 0.167. The monoisotopic (exact) mass is 310 g/mol. The van der Waals surface area contributed by atoms with Gasteiger partial charge in [-0.3, -0.25) is 9.59 Å². The summed E-state index contributed by atoms with van der Waals surface area (Å²) in [5, 5.41) is 21.5. The first-order chi connectivity index (χ1) is 9.97. The van der Waals surface area contributed by atoms with Crippen molar-refractivity contribution in [3.63, 3.8) is 0 Å². The third-order valence-corrected chi connectivity index (χ3v) is 3.31. The highest BCUT2D eigenvalue weighted by Crippen LogP contribution is 2.23. The number of rotatable bonds is 6. The maximum absolute atomic E-state index is 11.9. The zero-order valence-corrected chi connectivity index (χ0v) is 11.3. The molecule has 0 aliphatic heterocycles. The van der Waals surface area contributed by atoms with Gasteiger partial charge in [0.1, 0.15) is 11.7 Å². The zero-order chi connectivity index (χ0) is 15.4. The van der Waals surface area contributed by atoms with E-state index < -0.39 is 30.3 Å². The Balaban J connectivity index is 2.09. The SMILES string of the molecule is O=C(O)C[C@H](NC(=O)c1csc(-c2ccco2)n1)C(=O)O. The van der Waals surface area contributed by atoms with Crippen molar-refractivity contribution in [3.05, 3.63) is 29.5 Å². The van der Waals surface area contributed by atoms with E-state index in [1.807, 2.05) is 0 Å². The van der Waals surface area contributed by atoms with Gasteiger partial charge in [0.15, 0.2) is 10.8 Å². The van der Waals surface area contributed by atoms with E-state index in [2.05, 4.69) is 10.3 Å². The number of hydrogen-bond donors (Lipinski definition) is 3. The van der Waals surface area contributed by atoms with Crippen molar-refractivity contribution >= 4 is 29.2 Å². The molecule has 0 aliphatic rings. The molecule has 0 aliphatic carbocycles. The molecular formula is C12H10N2O6S. The molecule has 9 heteroatoms. The van der Waals surface area contributed by atoms with E-state index in [-0.39, 0.29) is 5.69 Å². The number of amides is 1. The molecule has 2 aromatic rings. The van der Waals surface area contributed by atoms with Crippen molar-refractivity contribution in [1.29, 1.82) is 0 Å². The van der Waals surface area contributed by atoms with Gasteiger partial charge in [-0.1, -0.05) is 0 Å². The number of hydrogen-bond acceptors (Lipinski definition) is 6. The van der Waals surface area contributed by atoms with Crippen LogP contribution in [0.15, 0.2) is 28.2 Å². The molecule has 3 N–H and O–H groups in total. The number of aliphatic carboxylic acids is 2. The van der Waals surface area contributed by atoms with Crippen LogP contribution in [-0.4, -0.2) is 39.1 Å². The average Bonchev–Trinajstić information content (AvgIpc) is 3.08. The van der Waals surface area contributed by atoms with Crippen LogP contribution >= 0.6 is 11.3 Å². The summed E-state index contributed by atoms with van der Waals surface area (Å²) in [5.74, 6) is -3.01. The second kappa shape index (κ2) is 6.18. The number of nitrogens with zero attached hydrogens (tertiary/aromatic N) is 1. The summed E-state index contributed by atoms with van der Waals surface area (Å²) in [7, 11) is 0. The van der Waals surface area contributed by atoms with Gasteiger partial charge in [0.25, 0.3) is 5.91 Å². The molecule has 0 radical (unpaired) electrons. The van der Waals surface area contributed by atoms with E-state index in [1.165, 1.54) is 11.6 Å². The number of carboxylic acids is 2. The smallest absolute Gasteiger partial charge is 0.326 e. The molecule has 2 aromatic heterocycles. The van der Waals surface area contributed by atoms with Crippen molar-refractivity contribution in [1.82, 2.24) is 10.3 Å². The number of carbonyl (C=O) groups excluding carboxylic acids is 1. The minimum absolute atomic E-state index is 0.00281. The van der Waals surface area contributed by atoms with Gasteiger partial charge < -0.3 is 19.9 Å². The van der Waals surface area contributed by atoms with E-state index in [9.17, 15) is 14.4 Å². The third-order valence-electron chi connectivity index (χ3n) is 2.45. The Hall–Kier alpha value is -2.68. The maximum Gasteiger partial charge on any atom is 0.326 e. The lowest BCUT2D eigenvalue weighted by Crippen LogP contribution is -2.42. The lowest BCUT2D eigenvalue weighted by molar-refractivity contribution is -0.145. The van der Waals surface area contributed by atoms with Crippen molar-refractivity contribution in [3.8, 4) is 10.8 Å². The van der Waals surface area contributed by atoms with Crippen LogP contribution < -0.4 is 5.32 Å². The van der Waals surface area contributed by atoms with Gasteiger partial charge in [0.2, 0.25) is 0 Å². The lowest BCUT2D eigenvalue weighted by Gasteiger charge is -2.10. The molecule has 0 fully saturated rings. The predicted octanol–water partition coefficient (Wildman–Crippen LogP) is 1.06. The first-order valence-corrected chi connectivity index (χ1v) is 6.60. The van der Waals surface area contributed by atoms with E-state index in [0.717, 1.165) is 11.3 Å². The van der Waals surface area contributed by atoms with Crippen LogP contribution in [0.25, 0.3) is 10.8 Å². The summed E-state index contributed by atoms with van der Waals surface area (Å²) in [5.41, 5.74) is 0.00281. The van der Waals surface area contributed by atoms with Crippen LogP contribution in [0.5, 0.6) is 0 Å². The van der Waals surface area contributed by atoms with Gasteiger partial charge in [-0.15, -0.1) is 11.3 Å². The Morgan fingerprint density at radius 1 is 1.38 bits per heavy atom. The topological polar surface area (TPSA) is 130 Å². The van der Waals surface area contributed by atoms with Gasteiger partial charge in [-0.05, 0) is 12.1 Å². The highest BCUT2D eigenvalue weighted by molar-refractivity contribution is 7.13. The van der Waals surface area contributed by atoms with Crippen molar-refractivity contribution in [2.75, 3.05) is 0 Å². The summed E-state index contributed by atoms with van der Waals surface area (Å²) in [6.07, 6.45) is 0.750. The molecule has 21 heavy (non-hydrogen) atoms. The van der Waals surface area contributed by atoms with E-state index >= 15 is 0 Å². The summed E-state index contributed by atoms with van der Waals surface area (Å²) in [4.78, 5) is 37.3. The molecule has 2 heterocycles. The molecule has 2 rings (SSSR count). The van der Waals surface area contributed by atoms with E-state index in [0.29, 0.717) is 10.8 Å². The van der Waals surface area contributed by atoms with Gasteiger partial charge >= 0.3 is 11.9 Å². The number of furan rings is 1. The largest absolute Gasteiger partial charge is 0.481 e. The Kier molecular flexibility index (Phi) is 4.33. The molecule has 0 spiro atoms. The number of carbonyl (C=O) groups is 3. The van der Waals surface area contributed by atoms with Crippen molar-refractivity contribution in [2.24, 2.45) is 0 Å². The molecule has 1 atom stereocenters. The normalized spacial score (nSPS) is 11.8. The number of nitrogens with one attached hydrogen (secondary N) is 1. The van der Waals surface area contributed by atoms with Gasteiger partial charge in [-0.25, -0.2) is 9.78 Å². The van der Waals surface area contributed by atoms with Crippen LogP contribution in [-0.2, 0) is 9.59 Å². The molecule has 0 bridgehead atoms. The predicted molar refractivity (Wildman–Crippen MR) is 71.0 cm³/mol. The molecule has 110 valence electrons. The summed E-state index contributed by atoms with van der Waals surface area (Å²) >= 11 is 1.16. The molecular weight excluding hydrogens is 300 g/mol. The fourth-order valence-electron chi connectivity index (χ4n) is 1.50. The van der Waals surface area contributed by atoms with Crippen LogP contribution in [0.2, 0.25) is 0 Å². The lowest BCUT2D eigenvalue weighted by atomic mass is 10.2. The molecule has 0 aromatic carbocycles. The maximum atomic E-state index is 11.9. The van der Waals surface area contributed by atoms with Crippen LogP contribution in [0, 0.1) is 0 Å². The molecule has 0 saturated carbocycles. The summed E-state index contributed by atoms with van der Waals surface area (Å²) in [6.45, 7) is 0. The molecule has 8 nitrogen and oxygen atoms in total. The van der Waals surface area contributed by atoms with Crippen LogP contribution in [0.4, 0.5) is 0 Å². The molecule has 0 unspecified atom stereocenters. The first-order valence-electron chi connectivity index (χ1n) is 5.72. The molecule has 1 amide bonds. The minimum atomic E-state index is -1.51. The molecule has 0 saturated heterocycles. The minimum Gasteiger partial charge on any atom is -0.481 e. The van der Waals surface area contributed by atoms with E-state index in [1.54, 1.807) is 12.1 Å². The quantitative estimate of drug-likeness (QED) is 0.727. The highest BCUT2D eigenvalue weighted by Gasteiger charge is 2.24. The van der Waals surface area contributed by atoms with Gasteiger partial charge in [0, 0.05) is 5.38 Å². The van der Waals surface area contributed by atoms with Crippen molar-refractivity contribution < 1.29 is 29.0 Å². The Bertz CT molecular complexity index is 663. The first kappa shape index (κ1) is 14.7. The van der Waals surface area contributed by atoms with Gasteiger partial charge in [0.05, 0.1) is 12.7 Å². The fourth-order valence-corrected chi connectivity index (χ4v) is 2.26. The average molecular weight is 310 g/mol. The van der Waals surface area contributed by atoms with Crippen LogP contribution in [0.1, 0.15) is 16.9 Å². The second-order valence-corrected chi connectivity index (χ2v) is 4.84. The summed E-state index contributed by atoms with van der Waals surface area (Å²) < 4.78 is 5.13. The Morgan fingerprint density at radius 2 is 2.14 bits per heavy atom. The Morgan fingerprint density at radius 3 is 2.71 bits per heavy atom. The van der Waals surface area contributed by atoms with Crippen molar-refractivity contribution in [2.45, 2.75) is 12.5 Å². The number of carboxylic acid groups (broad SMARTS) is 2. The Labute approximate surface area is 122 Å². The van der Waals surface area contributed by atoms with Crippen LogP contribution in [0.3, 0.4) is 0 Å². The second-order valence-electron chi connectivity index (χ2n) is 3.98. The highest BCUT2D eigenvalue weighted by atomic mass is 32.1. The standard InChI is InChI=1S/C12H10N2O6S/c15-9(16)4-6(12(18)19)13-10(17)7-5-21-11(14-7)8-2-1-3-20-8/h1-3,5-6H,4H2,(H,13,17)(H,15,16)(H,18,19)/t6-/m0/s1. The third kappa shape index (κ3) is 3.66. The summed E-state index contributed by atoms with van der Waals surface area (Å²) in [6, 6.07) is 1.83. The number of aromatic nitrogens is 1. The zero-order valence-electron chi connectivity index (χ0n) is 10.5. The number of thiazole rings is 1. The van der Waals surface area contributed by atoms with Gasteiger partial charge in [-0.2, -0.15) is 0 Å². The van der Waals surface area contributed by atoms with E-state index in [4.69, 9.17) is 14.6 Å².